The summed E-state index contributed by atoms with van der Waals surface area (Å²) in [6.45, 7) is 1.65. The average molecular weight is 351 g/mol. The van der Waals surface area contributed by atoms with Gasteiger partial charge in [-0.25, -0.2) is 4.79 Å². The van der Waals surface area contributed by atoms with Gasteiger partial charge in [0.2, 0.25) is 0 Å². The highest BCUT2D eigenvalue weighted by molar-refractivity contribution is 6.31. The highest BCUT2D eigenvalue weighted by Gasteiger charge is 2.39. The molecule has 4 rings (SSSR count). The summed E-state index contributed by atoms with van der Waals surface area (Å²) >= 11 is 6.05. The predicted molar refractivity (Wildman–Crippen MR) is 85.5 cm³/mol. The minimum Gasteiger partial charge on any atom is -0.493 e. The van der Waals surface area contributed by atoms with Crippen LogP contribution in [0, 0.1) is 0 Å². The molecule has 2 aromatic rings. The number of carbonyl (C=O) groups excluding carboxylic acids is 2. The van der Waals surface area contributed by atoms with Crippen molar-refractivity contribution >= 4 is 34.6 Å². The Hall–Kier alpha value is -2.41. The number of halogens is 1. The summed E-state index contributed by atoms with van der Waals surface area (Å²) in [6.07, 6.45) is -0.310. The lowest BCUT2D eigenvalue weighted by atomic mass is 10.2. The van der Waals surface area contributed by atoms with Crippen molar-refractivity contribution in [2.24, 2.45) is 0 Å². The van der Waals surface area contributed by atoms with Gasteiger partial charge >= 0.3 is 6.09 Å². The smallest absolute Gasteiger partial charge is 0.410 e. The summed E-state index contributed by atoms with van der Waals surface area (Å²) in [6, 6.07) is 4.93. The molecule has 0 radical (unpaired) electrons. The molecule has 0 aliphatic carbocycles. The summed E-state index contributed by atoms with van der Waals surface area (Å²) < 4.78 is 16.0. The van der Waals surface area contributed by atoms with Crippen LogP contribution in [0.4, 0.5) is 4.79 Å². The Bertz CT molecular complexity index is 833. The van der Waals surface area contributed by atoms with Gasteiger partial charge in [0.05, 0.1) is 13.2 Å². The molecule has 2 fully saturated rings. The summed E-state index contributed by atoms with van der Waals surface area (Å²) in [5, 5.41) is 1.22. The van der Waals surface area contributed by atoms with Crippen LogP contribution in [0.3, 0.4) is 0 Å². The first kappa shape index (κ1) is 15.1. The van der Waals surface area contributed by atoms with Crippen LogP contribution < -0.4 is 4.74 Å². The van der Waals surface area contributed by atoms with Crippen molar-refractivity contribution in [2.45, 2.75) is 6.04 Å². The number of methoxy groups -OCH3 is 1. The molecule has 1 aromatic carbocycles. The van der Waals surface area contributed by atoms with Crippen LogP contribution in [0.15, 0.2) is 22.6 Å². The van der Waals surface area contributed by atoms with Crippen molar-refractivity contribution in [1.82, 2.24) is 9.80 Å². The number of ether oxygens (including phenoxy) is 2. The maximum absolute atomic E-state index is 12.7. The molecule has 126 valence electrons. The van der Waals surface area contributed by atoms with Crippen molar-refractivity contribution in [3.05, 3.63) is 29.0 Å². The molecule has 3 heterocycles. The Labute approximate surface area is 142 Å². The van der Waals surface area contributed by atoms with Gasteiger partial charge in [-0.1, -0.05) is 11.6 Å². The highest BCUT2D eigenvalue weighted by atomic mass is 35.5. The number of furan rings is 1. The van der Waals surface area contributed by atoms with Gasteiger partial charge in [0.15, 0.2) is 17.1 Å². The van der Waals surface area contributed by atoms with Crippen molar-refractivity contribution in [3.8, 4) is 5.75 Å². The van der Waals surface area contributed by atoms with E-state index in [1.807, 2.05) is 0 Å². The molecule has 0 unspecified atom stereocenters. The van der Waals surface area contributed by atoms with Crippen LogP contribution in [0.2, 0.25) is 5.02 Å². The van der Waals surface area contributed by atoms with Gasteiger partial charge in [-0.2, -0.15) is 0 Å². The molecule has 1 aromatic heterocycles. The van der Waals surface area contributed by atoms with Gasteiger partial charge in [0.25, 0.3) is 5.91 Å². The fourth-order valence-electron chi connectivity index (χ4n) is 3.17. The zero-order valence-corrected chi connectivity index (χ0v) is 13.7. The molecule has 0 spiro atoms. The first-order chi connectivity index (χ1) is 11.6. The van der Waals surface area contributed by atoms with Gasteiger partial charge in [-0.3, -0.25) is 9.69 Å². The highest BCUT2D eigenvalue weighted by Crippen LogP contribution is 2.33. The molecule has 2 aliphatic rings. The molecular formula is C16H15ClN2O5. The molecule has 1 atom stereocenters. The number of piperazine rings is 1. The van der Waals surface area contributed by atoms with Crippen LogP contribution in [0.25, 0.3) is 11.0 Å². The number of cyclic esters (lactones) is 1. The fourth-order valence-corrected chi connectivity index (χ4v) is 3.39. The van der Waals surface area contributed by atoms with Gasteiger partial charge in [0.1, 0.15) is 6.61 Å². The first-order valence-corrected chi connectivity index (χ1v) is 7.94. The molecule has 2 saturated heterocycles. The minimum atomic E-state index is -0.310. The van der Waals surface area contributed by atoms with E-state index in [4.69, 9.17) is 25.5 Å². The second kappa shape index (κ2) is 5.59. The third kappa shape index (κ3) is 2.36. The standard InChI is InChI=1S/C16H15ClN2O5/c1-22-12-6-10(17)4-9-5-13(24-14(9)12)15(20)18-2-3-19-11(7-18)8-23-16(19)21/h4-6,11H,2-3,7-8H2,1H3/t11-/m1/s1. The van der Waals surface area contributed by atoms with Crippen molar-refractivity contribution in [2.75, 3.05) is 33.4 Å². The number of amides is 2. The lowest BCUT2D eigenvalue weighted by molar-refractivity contribution is 0.0588. The first-order valence-electron chi connectivity index (χ1n) is 7.56. The Kier molecular flexibility index (Phi) is 3.53. The molecule has 0 N–H and O–H groups in total. The Morgan fingerprint density at radius 1 is 1.33 bits per heavy atom. The van der Waals surface area contributed by atoms with E-state index in [1.54, 1.807) is 28.0 Å². The zero-order valence-electron chi connectivity index (χ0n) is 13.0. The number of benzene rings is 1. The van der Waals surface area contributed by atoms with Gasteiger partial charge in [0, 0.05) is 36.1 Å². The van der Waals surface area contributed by atoms with Crippen LogP contribution in [-0.4, -0.2) is 61.2 Å². The lowest BCUT2D eigenvalue weighted by Crippen LogP contribution is -2.53. The molecule has 2 aliphatic heterocycles. The molecule has 0 saturated carbocycles. The van der Waals surface area contributed by atoms with E-state index in [9.17, 15) is 9.59 Å². The third-order valence-corrected chi connectivity index (χ3v) is 4.60. The molecule has 8 heteroatoms. The Morgan fingerprint density at radius 3 is 2.96 bits per heavy atom. The van der Waals surface area contributed by atoms with E-state index < -0.39 is 0 Å². The van der Waals surface area contributed by atoms with E-state index >= 15 is 0 Å². The van der Waals surface area contributed by atoms with Crippen molar-refractivity contribution in [3.63, 3.8) is 0 Å². The summed E-state index contributed by atoms with van der Waals surface area (Å²) in [5.41, 5.74) is 0.489. The SMILES string of the molecule is COc1cc(Cl)cc2cc(C(=O)N3CCN4C(=O)OC[C@H]4C3)oc12. The minimum absolute atomic E-state index is 0.0939. The number of fused-ring (bicyclic) bond motifs is 2. The van der Waals surface area contributed by atoms with Crippen LogP contribution in [0.1, 0.15) is 10.6 Å². The van der Waals surface area contributed by atoms with Crippen LogP contribution in [0.5, 0.6) is 5.75 Å². The topological polar surface area (TPSA) is 72.2 Å². The van der Waals surface area contributed by atoms with Gasteiger partial charge in [-0.15, -0.1) is 0 Å². The van der Waals surface area contributed by atoms with E-state index in [-0.39, 0.29) is 23.8 Å². The van der Waals surface area contributed by atoms with Crippen molar-refractivity contribution in [1.29, 1.82) is 0 Å². The van der Waals surface area contributed by atoms with Crippen molar-refractivity contribution < 1.29 is 23.5 Å². The van der Waals surface area contributed by atoms with E-state index in [2.05, 4.69) is 0 Å². The second-order valence-electron chi connectivity index (χ2n) is 5.81. The summed E-state index contributed by atoms with van der Waals surface area (Å²) in [7, 11) is 1.52. The van der Waals surface area contributed by atoms with Gasteiger partial charge in [-0.05, 0) is 12.1 Å². The number of hydrogen-bond donors (Lipinski definition) is 0. The molecule has 2 amide bonds. The predicted octanol–water partition coefficient (Wildman–Crippen LogP) is 2.37. The maximum Gasteiger partial charge on any atom is 0.410 e. The number of nitrogens with zero attached hydrogens (tertiary/aromatic N) is 2. The molecule has 7 nitrogen and oxygen atoms in total. The summed E-state index contributed by atoms with van der Waals surface area (Å²) in [4.78, 5) is 27.6. The van der Waals surface area contributed by atoms with E-state index in [1.165, 1.54) is 7.11 Å². The summed E-state index contributed by atoms with van der Waals surface area (Å²) in [5.74, 6) is 0.490. The maximum atomic E-state index is 12.7. The zero-order chi connectivity index (χ0) is 16.8. The quantitative estimate of drug-likeness (QED) is 0.831. The lowest BCUT2D eigenvalue weighted by Gasteiger charge is -2.34. The Morgan fingerprint density at radius 2 is 2.17 bits per heavy atom. The van der Waals surface area contributed by atoms with E-state index in [0.717, 1.165) is 0 Å². The van der Waals surface area contributed by atoms with E-state index in [0.29, 0.717) is 48.0 Å². The third-order valence-electron chi connectivity index (χ3n) is 4.38. The number of hydrogen-bond acceptors (Lipinski definition) is 5. The fraction of sp³-hybridized carbons (Fsp3) is 0.375. The van der Waals surface area contributed by atoms with Crippen LogP contribution >= 0.6 is 11.6 Å². The van der Waals surface area contributed by atoms with Gasteiger partial charge < -0.3 is 18.8 Å². The average Bonchev–Trinajstić information content (AvgIpc) is 3.17. The normalized spacial score (nSPS) is 20.2. The largest absolute Gasteiger partial charge is 0.493 e. The number of rotatable bonds is 2. The number of carbonyl (C=O) groups is 2. The molecule has 0 bridgehead atoms. The monoisotopic (exact) mass is 350 g/mol. The van der Waals surface area contributed by atoms with Crippen LogP contribution in [-0.2, 0) is 4.74 Å². The second-order valence-corrected chi connectivity index (χ2v) is 6.25. The molecule has 24 heavy (non-hydrogen) atoms. The Balaban J connectivity index is 1.61. The molecular weight excluding hydrogens is 336 g/mol.